The van der Waals surface area contributed by atoms with Gasteiger partial charge in [-0.2, -0.15) is 0 Å². The molecule has 23 heavy (non-hydrogen) atoms. The number of furan rings is 1. The SMILES string of the molecule is Cc1cc(C(=O)NCc2cc(C)oc2C)c2ccc(F)cc2n1. The van der Waals surface area contributed by atoms with Gasteiger partial charge in [0.1, 0.15) is 17.3 Å². The minimum absolute atomic E-state index is 0.217. The molecule has 0 aliphatic carbocycles. The maximum Gasteiger partial charge on any atom is 0.252 e. The number of carbonyl (C=O) groups is 1. The molecule has 2 aromatic heterocycles. The topological polar surface area (TPSA) is 55.1 Å². The maximum atomic E-state index is 13.4. The first-order valence-electron chi connectivity index (χ1n) is 7.35. The van der Waals surface area contributed by atoms with Gasteiger partial charge in [0.25, 0.3) is 5.91 Å². The molecule has 0 saturated carbocycles. The zero-order chi connectivity index (χ0) is 16.6. The van der Waals surface area contributed by atoms with Crippen molar-refractivity contribution in [1.29, 1.82) is 0 Å². The predicted octanol–water partition coefficient (Wildman–Crippen LogP) is 3.82. The van der Waals surface area contributed by atoms with Crippen LogP contribution in [0.3, 0.4) is 0 Å². The second-order valence-electron chi connectivity index (χ2n) is 5.59. The van der Waals surface area contributed by atoms with E-state index in [0.717, 1.165) is 17.1 Å². The van der Waals surface area contributed by atoms with Crippen LogP contribution in [0.15, 0.2) is 34.7 Å². The molecule has 1 aromatic carbocycles. The second kappa shape index (κ2) is 5.83. The van der Waals surface area contributed by atoms with Crippen molar-refractivity contribution in [3.8, 4) is 0 Å². The minimum atomic E-state index is -0.369. The number of amides is 1. The van der Waals surface area contributed by atoms with E-state index >= 15 is 0 Å². The summed E-state index contributed by atoms with van der Waals surface area (Å²) in [6.45, 7) is 5.90. The Morgan fingerprint density at radius 3 is 2.70 bits per heavy atom. The molecule has 0 radical (unpaired) electrons. The second-order valence-corrected chi connectivity index (χ2v) is 5.59. The fraction of sp³-hybridized carbons (Fsp3) is 0.222. The molecule has 5 heteroatoms. The number of benzene rings is 1. The number of rotatable bonds is 3. The average Bonchev–Trinajstić information content (AvgIpc) is 2.81. The normalized spacial score (nSPS) is 11.0. The molecule has 1 N–H and O–H groups in total. The van der Waals surface area contributed by atoms with Crippen molar-refractivity contribution in [2.45, 2.75) is 27.3 Å². The summed E-state index contributed by atoms with van der Waals surface area (Å²) in [5.41, 5.74) is 2.58. The van der Waals surface area contributed by atoms with Crippen LogP contribution in [0.5, 0.6) is 0 Å². The van der Waals surface area contributed by atoms with Crippen molar-refractivity contribution in [2.24, 2.45) is 0 Å². The van der Waals surface area contributed by atoms with Crippen LogP contribution in [0.1, 0.15) is 33.1 Å². The molecule has 118 valence electrons. The molecule has 0 aliphatic rings. The zero-order valence-corrected chi connectivity index (χ0v) is 13.2. The van der Waals surface area contributed by atoms with Crippen molar-refractivity contribution in [3.63, 3.8) is 0 Å². The summed E-state index contributed by atoms with van der Waals surface area (Å²) < 4.78 is 18.8. The largest absolute Gasteiger partial charge is 0.466 e. The van der Waals surface area contributed by atoms with E-state index in [2.05, 4.69) is 10.3 Å². The molecule has 2 heterocycles. The first-order valence-corrected chi connectivity index (χ1v) is 7.35. The number of aryl methyl sites for hydroxylation is 3. The Labute approximate surface area is 133 Å². The van der Waals surface area contributed by atoms with Gasteiger partial charge in [0.05, 0.1) is 11.1 Å². The van der Waals surface area contributed by atoms with E-state index in [9.17, 15) is 9.18 Å². The number of fused-ring (bicyclic) bond motifs is 1. The fourth-order valence-corrected chi connectivity index (χ4v) is 2.65. The van der Waals surface area contributed by atoms with E-state index < -0.39 is 0 Å². The predicted molar refractivity (Wildman–Crippen MR) is 85.8 cm³/mol. The molecule has 0 spiro atoms. The molecule has 0 saturated heterocycles. The van der Waals surface area contributed by atoms with Gasteiger partial charge in [-0.25, -0.2) is 4.39 Å². The summed E-state index contributed by atoms with van der Waals surface area (Å²) in [7, 11) is 0. The summed E-state index contributed by atoms with van der Waals surface area (Å²) in [5.74, 6) is 1.02. The quantitative estimate of drug-likeness (QED) is 0.800. The minimum Gasteiger partial charge on any atom is -0.466 e. The lowest BCUT2D eigenvalue weighted by Crippen LogP contribution is -2.23. The van der Waals surface area contributed by atoms with Gasteiger partial charge in [-0.3, -0.25) is 9.78 Å². The van der Waals surface area contributed by atoms with E-state index in [1.54, 1.807) is 19.1 Å². The summed E-state index contributed by atoms with van der Waals surface area (Å²) in [5, 5.41) is 3.52. The number of nitrogens with zero attached hydrogens (tertiary/aromatic N) is 1. The van der Waals surface area contributed by atoms with Gasteiger partial charge in [0.2, 0.25) is 0 Å². The lowest BCUT2D eigenvalue weighted by atomic mass is 10.1. The highest BCUT2D eigenvalue weighted by atomic mass is 19.1. The van der Waals surface area contributed by atoms with E-state index in [-0.39, 0.29) is 11.7 Å². The first-order chi connectivity index (χ1) is 10.9. The Bertz CT molecular complexity index is 894. The number of nitrogens with one attached hydrogen (secondary N) is 1. The Morgan fingerprint density at radius 2 is 2.00 bits per heavy atom. The molecular weight excluding hydrogens is 295 g/mol. The molecule has 0 unspecified atom stereocenters. The third-order valence-electron chi connectivity index (χ3n) is 3.73. The third-order valence-corrected chi connectivity index (χ3v) is 3.73. The first kappa shape index (κ1) is 15.2. The van der Waals surface area contributed by atoms with Crippen LogP contribution < -0.4 is 5.32 Å². The summed E-state index contributed by atoms with van der Waals surface area (Å²) in [4.78, 5) is 16.8. The van der Waals surface area contributed by atoms with E-state index in [1.807, 2.05) is 19.9 Å². The highest BCUT2D eigenvalue weighted by Gasteiger charge is 2.13. The molecule has 0 aliphatic heterocycles. The summed E-state index contributed by atoms with van der Waals surface area (Å²) in [6.07, 6.45) is 0. The van der Waals surface area contributed by atoms with Crippen LogP contribution >= 0.6 is 0 Å². The highest BCUT2D eigenvalue weighted by Crippen LogP contribution is 2.20. The monoisotopic (exact) mass is 312 g/mol. The Balaban J connectivity index is 1.90. The van der Waals surface area contributed by atoms with Gasteiger partial charge >= 0.3 is 0 Å². The van der Waals surface area contributed by atoms with Gasteiger partial charge < -0.3 is 9.73 Å². The average molecular weight is 312 g/mol. The summed E-state index contributed by atoms with van der Waals surface area (Å²) in [6, 6.07) is 7.87. The van der Waals surface area contributed by atoms with E-state index in [0.29, 0.717) is 28.7 Å². The van der Waals surface area contributed by atoms with Crippen molar-refractivity contribution in [1.82, 2.24) is 10.3 Å². The molecule has 4 nitrogen and oxygen atoms in total. The standard InChI is InChI=1S/C18H17FN2O2/c1-10-6-16(15-5-4-14(19)8-17(15)21-10)18(22)20-9-13-7-11(2)23-12(13)3/h4-8H,9H2,1-3H3,(H,20,22). The Kier molecular flexibility index (Phi) is 3.86. The van der Waals surface area contributed by atoms with Crippen LogP contribution in [0.2, 0.25) is 0 Å². The lowest BCUT2D eigenvalue weighted by Gasteiger charge is -2.09. The Morgan fingerprint density at radius 1 is 1.22 bits per heavy atom. The maximum absolute atomic E-state index is 13.4. The number of hydrogen-bond donors (Lipinski definition) is 1. The summed E-state index contributed by atoms with van der Waals surface area (Å²) >= 11 is 0. The Hall–Kier alpha value is -2.69. The van der Waals surface area contributed by atoms with Gasteiger partial charge in [0, 0.05) is 29.3 Å². The van der Waals surface area contributed by atoms with Crippen LogP contribution in [-0.4, -0.2) is 10.9 Å². The smallest absolute Gasteiger partial charge is 0.252 e. The molecule has 0 fully saturated rings. The van der Waals surface area contributed by atoms with Crippen molar-refractivity contribution >= 4 is 16.8 Å². The van der Waals surface area contributed by atoms with Crippen LogP contribution in [0.4, 0.5) is 4.39 Å². The number of aromatic nitrogens is 1. The van der Waals surface area contributed by atoms with Crippen molar-refractivity contribution < 1.29 is 13.6 Å². The molecule has 3 rings (SSSR count). The molecule has 1 amide bonds. The van der Waals surface area contributed by atoms with E-state index in [1.165, 1.54) is 12.1 Å². The van der Waals surface area contributed by atoms with Gasteiger partial charge in [-0.1, -0.05) is 0 Å². The van der Waals surface area contributed by atoms with Crippen LogP contribution in [-0.2, 0) is 6.54 Å². The number of carbonyl (C=O) groups excluding carboxylic acids is 1. The molecule has 0 atom stereocenters. The number of hydrogen-bond acceptors (Lipinski definition) is 3. The van der Waals surface area contributed by atoms with Gasteiger partial charge in [0.15, 0.2) is 0 Å². The van der Waals surface area contributed by atoms with E-state index in [4.69, 9.17) is 4.42 Å². The lowest BCUT2D eigenvalue weighted by molar-refractivity contribution is 0.0952. The van der Waals surface area contributed by atoms with Crippen LogP contribution in [0, 0.1) is 26.6 Å². The molecule has 3 aromatic rings. The van der Waals surface area contributed by atoms with Crippen LogP contribution in [0.25, 0.3) is 10.9 Å². The fourth-order valence-electron chi connectivity index (χ4n) is 2.65. The van der Waals surface area contributed by atoms with Gasteiger partial charge in [-0.05, 0) is 45.0 Å². The zero-order valence-electron chi connectivity index (χ0n) is 13.2. The number of pyridine rings is 1. The van der Waals surface area contributed by atoms with Crippen molar-refractivity contribution in [2.75, 3.05) is 0 Å². The molecular formula is C18H17FN2O2. The molecule has 0 bridgehead atoms. The third kappa shape index (κ3) is 3.08. The number of halogens is 1. The highest BCUT2D eigenvalue weighted by molar-refractivity contribution is 6.06. The van der Waals surface area contributed by atoms with Crippen molar-refractivity contribution in [3.05, 3.63) is 64.5 Å². The van der Waals surface area contributed by atoms with Gasteiger partial charge in [-0.15, -0.1) is 0 Å².